The summed E-state index contributed by atoms with van der Waals surface area (Å²) in [7, 11) is 0. The van der Waals surface area contributed by atoms with Gasteiger partial charge in [0.1, 0.15) is 0 Å². The summed E-state index contributed by atoms with van der Waals surface area (Å²) < 4.78 is 0. The van der Waals surface area contributed by atoms with Gasteiger partial charge in [-0.3, -0.25) is 0 Å². The molecule has 0 saturated carbocycles. The van der Waals surface area contributed by atoms with Gasteiger partial charge in [0.2, 0.25) is 0 Å². The van der Waals surface area contributed by atoms with Crippen LogP contribution in [0.25, 0.3) is 0 Å². The quantitative estimate of drug-likeness (QED) is 0.459. The van der Waals surface area contributed by atoms with Crippen molar-refractivity contribution < 1.29 is 0 Å². The maximum Gasteiger partial charge on any atom is 2.00 e. The van der Waals surface area contributed by atoms with E-state index in [1.165, 1.54) is 12.8 Å². The SMILES string of the molecule is CC(C)CC[S-].CC(C)CC[S-].[CH2]CC.[CH2]CC.[Sn+2]. The van der Waals surface area contributed by atoms with Gasteiger partial charge in [-0.25, -0.2) is 0 Å². The molecule has 3 heteroatoms. The molecule has 0 heterocycles. The zero-order valence-corrected chi connectivity index (χ0v) is 18.6. The molecule has 0 fully saturated rings. The maximum atomic E-state index is 4.73. The second-order valence-corrected chi connectivity index (χ2v) is 5.59. The summed E-state index contributed by atoms with van der Waals surface area (Å²) in [5, 5.41) is 0. The van der Waals surface area contributed by atoms with E-state index in [1.807, 2.05) is 13.8 Å². The molecule has 0 atom stereocenters. The Balaban J connectivity index is -0.0000000476. The van der Waals surface area contributed by atoms with Crippen LogP contribution in [-0.2, 0) is 25.3 Å². The van der Waals surface area contributed by atoms with Crippen molar-refractivity contribution in [2.45, 2.75) is 67.2 Å². The number of rotatable bonds is 4. The average Bonchev–Trinajstić information content (AvgIpc) is 2.20. The molecule has 0 nitrogen and oxygen atoms in total. The van der Waals surface area contributed by atoms with Crippen LogP contribution in [0.4, 0.5) is 0 Å². The molecule has 0 N–H and O–H groups in total. The second-order valence-electron chi connectivity index (χ2n) is 4.77. The standard InChI is InChI=1S/2C5H12S.2C3H7.Sn/c2*1-5(2)3-4-6;2*1-3-2;/h2*5-6H,3-4H2,1-2H3;2*1,3H2,2H3;/q;;;;+2/p-2. The van der Waals surface area contributed by atoms with Crippen LogP contribution in [-0.4, -0.2) is 35.4 Å². The summed E-state index contributed by atoms with van der Waals surface area (Å²) in [6.07, 6.45) is 4.38. The molecule has 0 spiro atoms. The molecule has 0 unspecified atom stereocenters. The van der Waals surface area contributed by atoms with Crippen LogP contribution in [0.5, 0.6) is 0 Å². The first-order valence-corrected chi connectivity index (χ1v) is 8.27. The minimum absolute atomic E-state index is 0. The number of hydrogen-bond donors (Lipinski definition) is 0. The molecule has 0 aliphatic rings. The van der Waals surface area contributed by atoms with Crippen molar-refractivity contribution in [3.63, 3.8) is 0 Å². The van der Waals surface area contributed by atoms with Crippen LogP contribution in [0.3, 0.4) is 0 Å². The zero-order chi connectivity index (χ0) is 15.4. The molecule has 19 heavy (non-hydrogen) atoms. The smallest absolute Gasteiger partial charge is 0.793 e. The van der Waals surface area contributed by atoms with E-state index in [0.29, 0.717) is 0 Å². The predicted octanol–water partition coefficient (Wildman–Crippen LogP) is 5.24. The van der Waals surface area contributed by atoms with Crippen molar-refractivity contribution in [3.8, 4) is 0 Å². The van der Waals surface area contributed by atoms with Crippen LogP contribution < -0.4 is 0 Å². The molecule has 0 aromatic carbocycles. The molecule has 0 aromatic rings. The van der Waals surface area contributed by atoms with Crippen LogP contribution in [0, 0.1) is 25.7 Å². The van der Waals surface area contributed by atoms with Gasteiger partial charge >= 0.3 is 23.9 Å². The molecule has 0 rings (SSSR count). The van der Waals surface area contributed by atoms with Gasteiger partial charge in [-0.05, 0) is 11.8 Å². The minimum atomic E-state index is 0. The second kappa shape index (κ2) is 36.6. The van der Waals surface area contributed by atoms with E-state index in [1.54, 1.807) is 0 Å². The van der Waals surface area contributed by atoms with E-state index in [-0.39, 0.29) is 23.9 Å². The molecule has 0 aliphatic heterocycles. The molecular weight excluding hydrogens is 375 g/mol. The van der Waals surface area contributed by atoms with Crippen molar-refractivity contribution in [2.75, 3.05) is 11.5 Å². The van der Waals surface area contributed by atoms with Crippen molar-refractivity contribution >= 4 is 49.2 Å². The summed E-state index contributed by atoms with van der Waals surface area (Å²) in [4.78, 5) is 0. The van der Waals surface area contributed by atoms with E-state index in [0.717, 1.165) is 36.2 Å². The Morgan fingerprint density at radius 1 is 0.737 bits per heavy atom. The molecular formula is C16H36S2Sn. The summed E-state index contributed by atoms with van der Waals surface area (Å²) in [5.74, 6) is 3.42. The third-order valence-electron chi connectivity index (χ3n) is 1.39. The van der Waals surface area contributed by atoms with E-state index < -0.39 is 0 Å². The largest absolute Gasteiger partial charge is 2.00 e. The predicted molar refractivity (Wildman–Crippen MR) is 100 cm³/mol. The van der Waals surface area contributed by atoms with Crippen LogP contribution in [0.1, 0.15) is 67.2 Å². The molecule has 0 aromatic heterocycles. The Bertz CT molecular complexity index is 84.7. The molecule has 4 radical (unpaired) electrons. The maximum absolute atomic E-state index is 4.73. The van der Waals surface area contributed by atoms with Crippen LogP contribution in [0.15, 0.2) is 0 Å². The molecule has 0 saturated heterocycles. The Morgan fingerprint density at radius 2 is 0.895 bits per heavy atom. The van der Waals surface area contributed by atoms with Gasteiger partial charge < -0.3 is 25.3 Å². The summed E-state index contributed by atoms with van der Waals surface area (Å²) in [6.45, 7) is 19.7. The topological polar surface area (TPSA) is 0 Å². The van der Waals surface area contributed by atoms with Gasteiger partial charge in [-0.2, -0.15) is 11.5 Å². The first-order valence-electron chi connectivity index (χ1n) is 7.12. The summed E-state index contributed by atoms with van der Waals surface area (Å²) in [5.41, 5.74) is 0. The molecule has 0 aliphatic carbocycles. The molecule has 0 bridgehead atoms. The normalized spacial score (nSPS) is 8.21. The van der Waals surface area contributed by atoms with Crippen LogP contribution >= 0.6 is 0 Å². The number of hydrogen-bond acceptors (Lipinski definition) is 2. The van der Waals surface area contributed by atoms with Crippen molar-refractivity contribution in [1.82, 2.24) is 0 Å². The van der Waals surface area contributed by atoms with E-state index in [4.69, 9.17) is 25.3 Å². The molecule has 0 amide bonds. The fourth-order valence-electron chi connectivity index (χ4n) is 0.471. The van der Waals surface area contributed by atoms with E-state index in [2.05, 4.69) is 41.5 Å². The summed E-state index contributed by atoms with van der Waals surface area (Å²) >= 11 is 9.46. The Hall–Kier alpha value is 1.50. The van der Waals surface area contributed by atoms with Gasteiger partial charge in [0.25, 0.3) is 0 Å². The average molecular weight is 411 g/mol. The Labute approximate surface area is 153 Å². The fourth-order valence-corrected chi connectivity index (χ4v) is 1.41. The Kier molecular flexibility index (Phi) is 62.5. The monoisotopic (exact) mass is 412 g/mol. The minimum Gasteiger partial charge on any atom is -0.793 e. The van der Waals surface area contributed by atoms with Gasteiger partial charge in [0.15, 0.2) is 0 Å². The zero-order valence-electron chi connectivity index (χ0n) is 14.1. The van der Waals surface area contributed by atoms with Gasteiger partial charge in [0, 0.05) is 0 Å². The third kappa shape index (κ3) is 106. The first-order chi connectivity index (χ1) is 8.37. The summed E-state index contributed by atoms with van der Waals surface area (Å²) in [6, 6.07) is 0. The van der Waals surface area contributed by atoms with Gasteiger partial charge in [-0.1, -0.05) is 81.1 Å². The van der Waals surface area contributed by atoms with Crippen LogP contribution in [0.2, 0.25) is 0 Å². The Morgan fingerprint density at radius 3 is 0.895 bits per heavy atom. The van der Waals surface area contributed by atoms with Crippen molar-refractivity contribution in [1.29, 1.82) is 0 Å². The van der Waals surface area contributed by atoms with Gasteiger partial charge in [0.05, 0.1) is 0 Å². The van der Waals surface area contributed by atoms with Gasteiger partial charge in [-0.15, -0.1) is 0 Å². The third-order valence-corrected chi connectivity index (χ3v) is 1.86. The van der Waals surface area contributed by atoms with E-state index >= 15 is 0 Å². The first kappa shape index (κ1) is 32.4. The van der Waals surface area contributed by atoms with Crippen molar-refractivity contribution in [2.24, 2.45) is 11.8 Å². The molecule has 116 valence electrons. The van der Waals surface area contributed by atoms with E-state index in [9.17, 15) is 0 Å². The fraction of sp³-hybridized carbons (Fsp3) is 0.875. The van der Waals surface area contributed by atoms with Crippen molar-refractivity contribution in [3.05, 3.63) is 13.8 Å².